The summed E-state index contributed by atoms with van der Waals surface area (Å²) in [7, 11) is 1.92. The molecule has 2 rings (SSSR count). The van der Waals surface area contributed by atoms with Crippen molar-refractivity contribution in [3.8, 4) is 0 Å². The van der Waals surface area contributed by atoms with Gasteiger partial charge in [-0.2, -0.15) is 5.10 Å². The number of aromatic nitrogens is 2. The van der Waals surface area contributed by atoms with Crippen LogP contribution in [0.25, 0.3) is 4.91 Å². The highest BCUT2D eigenvalue weighted by atomic mass is 32.1. The quantitative estimate of drug-likeness (QED) is 0.635. The molecule has 0 spiro atoms. The highest BCUT2D eigenvalue weighted by Crippen LogP contribution is 2.17. The van der Waals surface area contributed by atoms with Crippen molar-refractivity contribution in [2.45, 2.75) is 12.8 Å². The standard InChI is InChI=1S/C13H19N3S/c1-16-12(7-9-15-16)13(17)6-2-4-11-5-3-8-14-10-11/h2,4,6-7,9,11,14,17H,3,5,8,10H2,1H3/b4-2+,13-6-. The summed E-state index contributed by atoms with van der Waals surface area (Å²) in [5.41, 5.74) is 1.04. The third kappa shape index (κ3) is 3.48. The summed E-state index contributed by atoms with van der Waals surface area (Å²) in [6.07, 6.45) is 10.7. The van der Waals surface area contributed by atoms with Crippen LogP contribution >= 0.6 is 12.6 Å². The number of allylic oxidation sites excluding steroid dienone is 2. The maximum Gasteiger partial charge on any atom is 0.0739 e. The molecule has 2 heterocycles. The van der Waals surface area contributed by atoms with E-state index in [-0.39, 0.29) is 0 Å². The van der Waals surface area contributed by atoms with E-state index >= 15 is 0 Å². The van der Waals surface area contributed by atoms with Gasteiger partial charge < -0.3 is 5.32 Å². The van der Waals surface area contributed by atoms with Crippen LogP contribution in [-0.4, -0.2) is 22.9 Å². The summed E-state index contributed by atoms with van der Waals surface area (Å²) in [6.45, 7) is 2.25. The maximum absolute atomic E-state index is 4.49. The van der Waals surface area contributed by atoms with Crippen LogP contribution in [0.3, 0.4) is 0 Å². The van der Waals surface area contributed by atoms with E-state index in [1.54, 1.807) is 6.20 Å². The summed E-state index contributed by atoms with van der Waals surface area (Å²) >= 11 is 4.49. The lowest BCUT2D eigenvalue weighted by Gasteiger charge is -2.19. The van der Waals surface area contributed by atoms with Crippen molar-refractivity contribution in [1.29, 1.82) is 0 Å². The van der Waals surface area contributed by atoms with Gasteiger partial charge in [0.25, 0.3) is 0 Å². The monoisotopic (exact) mass is 249 g/mol. The van der Waals surface area contributed by atoms with Crippen molar-refractivity contribution < 1.29 is 0 Å². The summed E-state index contributed by atoms with van der Waals surface area (Å²) < 4.78 is 1.83. The number of thiol groups is 1. The largest absolute Gasteiger partial charge is 0.316 e. The Morgan fingerprint density at radius 2 is 2.53 bits per heavy atom. The molecule has 1 fully saturated rings. The van der Waals surface area contributed by atoms with Gasteiger partial charge in [0.1, 0.15) is 0 Å². The number of hydrogen-bond acceptors (Lipinski definition) is 3. The summed E-state index contributed by atoms with van der Waals surface area (Å²) in [5.74, 6) is 0.660. The van der Waals surface area contributed by atoms with Crippen LogP contribution in [0.4, 0.5) is 0 Å². The second-order valence-electron chi connectivity index (χ2n) is 4.38. The smallest absolute Gasteiger partial charge is 0.0739 e. The second-order valence-corrected chi connectivity index (χ2v) is 4.87. The molecule has 1 unspecified atom stereocenters. The lowest BCUT2D eigenvalue weighted by Crippen LogP contribution is -2.28. The summed E-state index contributed by atoms with van der Waals surface area (Å²) in [6, 6.07) is 1.97. The van der Waals surface area contributed by atoms with Gasteiger partial charge >= 0.3 is 0 Å². The van der Waals surface area contributed by atoms with E-state index in [0.29, 0.717) is 5.92 Å². The number of hydrogen-bond donors (Lipinski definition) is 2. The number of nitrogens with zero attached hydrogens (tertiary/aromatic N) is 2. The van der Waals surface area contributed by atoms with Crippen LogP contribution in [0.15, 0.2) is 30.5 Å². The highest BCUT2D eigenvalue weighted by Gasteiger charge is 2.08. The molecule has 0 saturated carbocycles. The van der Waals surface area contributed by atoms with Crippen molar-refractivity contribution in [1.82, 2.24) is 15.1 Å². The molecule has 1 aliphatic heterocycles. The van der Waals surface area contributed by atoms with Crippen LogP contribution in [-0.2, 0) is 7.05 Å². The SMILES string of the molecule is Cn1nccc1/C(S)=C/C=C/C1CCCNC1. The zero-order valence-corrected chi connectivity index (χ0v) is 11.0. The Hall–Kier alpha value is -1.00. The molecule has 0 bridgehead atoms. The Labute approximate surface area is 108 Å². The van der Waals surface area contributed by atoms with E-state index < -0.39 is 0 Å². The molecule has 0 aliphatic carbocycles. The molecule has 1 aromatic rings. The molecule has 0 amide bonds. The van der Waals surface area contributed by atoms with Gasteiger partial charge in [0.15, 0.2) is 0 Å². The van der Waals surface area contributed by atoms with Crippen molar-refractivity contribution in [3.63, 3.8) is 0 Å². The minimum absolute atomic E-state index is 0.660. The molecule has 3 nitrogen and oxygen atoms in total. The molecule has 17 heavy (non-hydrogen) atoms. The third-order valence-corrected chi connectivity index (χ3v) is 3.43. The van der Waals surface area contributed by atoms with Gasteiger partial charge in [-0.25, -0.2) is 0 Å². The Kier molecular flexibility index (Phi) is 4.45. The average molecular weight is 249 g/mol. The van der Waals surface area contributed by atoms with E-state index in [2.05, 4.69) is 35.2 Å². The fourth-order valence-corrected chi connectivity index (χ4v) is 2.36. The minimum atomic E-state index is 0.660. The average Bonchev–Trinajstić information content (AvgIpc) is 2.77. The van der Waals surface area contributed by atoms with Gasteiger partial charge in [-0.15, -0.1) is 12.6 Å². The van der Waals surface area contributed by atoms with E-state index in [4.69, 9.17) is 0 Å². The van der Waals surface area contributed by atoms with Gasteiger partial charge in [0.05, 0.1) is 5.69 Å². The predicted octanol–water partition coefficient (Wildman–Crippen LogP) is 2.25. The van der Waals surface area contributed by atoms with Crippen LogP contribution in [0, 0.1) is 5.92 Å². The fourth-order valence-electron chi connectivity index (χ4n) is 2.06. The molecular formula is C13H19N3S. The van der Waals surface area contributed by atoms with E-state index in [9.17, 15) is 0 Å². The van der Waals surface area contributed by atoms with Gasteiger partial charge in [-0.1, -0.05) is 12.2 Å². The van der Waals surface area contributed by atoms with Crippen LogP contribution in [0.1, 0.15) is 18.5 Å². The number of rotatable bonds is 3. The van der Waals surface area contributed by atoms with Crippen molar-refractivity contribution in [3.05, 3.63) is 36.2 Å². The molecular weight excluding hydrogens is 230 g/mol. The topological polar surface area (TPSA) is 29.9 Å². The Bertz CT molecular complexity index is 414. The van der Waals surface area contributed by atoms with E-state index in [1.165, 1.54) is 12.8 Å². The van der Waals surface area contributed by atoms with Crippen LogP contribution in [0.5, 0.6) is 0 Å². The molecule has 92 valence electrons. The first kappa shape index (κ1) is 12.5. The minimum Gasteiger partial charge on any atom is -0.316 e. The molecule has 1 aliphatic rings. The van der Waals surface area contributed by atoms with Gasteiger partial charge in [0, 0.05) is 24.7 Å². The van der Waals surface area contributed by atoms with Crippen molar-refractivity contribution in [2.24, 2.45) is 13.0 Å². The molecule has 0 aromatic carbocycles. The van der Waals surface area contributed by atoms with Crippen LogP contribution < -0.4 is 5.32 Å². The van der Waals surface area contributed by atoms with E-state index in [1.807, 2.05) is 23.9 Å². The molecule has 0 radical (unpaired) electrons. The lowest BCUT2D eigenvalue weighted by atomic mass is 9.99. The van der Waals surface area contributed by atoms with Crippen molar-refractivity contribution >= 4 is 17.5 Å². The number of aryl methyl sites for hydroxylation is 1. The number of nitrogens with one attached hydrogen (secondary N) is 1. The number of piperidine rings is 1. The maximum atomic E-state index is 4.49. The Balaban J connectivity index is 1.95. The van der Waals surface area contributed by atoms with Crippen LogP contribution in [0.2, 0.25) is 0 Å². The zero-order valence-electron chi connectivity index (χ0n) is 10.1. The van der Waals surface area contributed by atoms with Gasteiger partial charge in [0.2, 0.25) is 0 Å². The molecule has 1 atom stereocenters. The Morgan fingerprint density at radius 3 is 3.18 bits per heavy atom. The normalized spacial score (nSPS) is 22.2. The third-order valence-electron chi connectivity index (χ3n) is 3.06. The first-order chi connectivity index (χ1) is 8.27. The summed E-state index contributed by atoms with van der Waals surface area (Å²) in [4.78, 5) is 0.949. The lowest BCUT2D eigenvalue weighted by molar-refractivity contribution is 0.438. The first-order valence-corrected chi connectivity index (χ1v) is 6.48. The second kappa shape index (κ2) is 6.07. The van der Waals surface area contributed by atoms with E-state index in [0.717, 1.165) is 23.7 Å². The molecule has 1 aromatic heterocycles. The Morgan fingerprint density at radius 1 is 1.65 bits per heavy atom. The molecule has 1 N–H and O–H groups in total. The fraction of sp³-hybridized carbons (Fsp3) is 0.462. The van der Waals surface area contributed by atoms with Gasteiger partial charge in [-0.05, 0) is 37.4 Å². The first-order valence-electron chi connectivity index (χ1n) is 6.04. The molecule has 1 saturated heterocycles. The van der Waals surface area contributed by atoms with Gasteiger partial charge in [-0.3, -0.25) is 4.68 Å². The predicted molar refractivity (Wildman–Crippen MR) is 74.9 cm³/mol. The molecule has 4 heteroatoms. The summed E-state index contributed by atoms with van der Waals surface area (Å²) in [5, 5.41) is 7.53. The zero-order chi connectivity index (χ0) is 12.1. The van der Waals surface area contributed by atoms with Crippen molar-refractivity contribution in [2.75, 3.05) is 13.1 Å². The highest BCUT2D eigenvalue weighted by molar-refractivity contribution is 7.90.